The standard InChI is InChI=1S/C41H44O8/c1-9-11-24-13-30-22(3)38(48-40(30)34(15-24)46-7)28-18-26(36(42)32(20-28)44-5)17-27-19-29(21-33(45-6)37(27)43)39-23(4)31-14-25(12-10-2)16-35(47-8)41(31)49-39/h9-16,18-23,38-39,42-43H,17H2,1-8H3/t22-,23-,38-,39-/m1/s1. The number of benzene rings is 4. The topological polar surface area (TPSA) is 95.8 Å². The molecule has 6 rings (SSSR count). The number of fused-ring (bicyclic) bond motifs is 2. The summed E-state index contributed by atoms with van der Waals surface area (Å²) in [5, 5.41) is 22.7. The number of aromatic hydroxyl groups is 2. The highest BCUT2D eigenvalue weighted by molar-refractivity contribution is 5.64. The molecule has 2 N–H and O–H groups in total. The van der Waals surface area contributed by atoms with Crippen molar-refractivity contribution in [3.05, 3.63) is 105 Å². The number of allylic oxidation sites excluding steroid dienone is 2. The molecule has 4 atom stereocenters. The van der Waals surface area contributed by atoms with Crippen LogP contribution in [-0.4, -0.2) is 38.7 Å². The van der Waals surface area contributed by atoms with E-state index in [4.69, 9.17) is 28.4 Å². The van der Waals surface area contributed by atoms with E-state index >= 15 is 0 Å². The molecule has 0 unspecified atom stereocenters. The summed E-state index contributed by atoms with van der Waals surface area (Å²) in [5.74, 6) is 3.34. The highest BCUT2D eigenvalue weighted by Gasteiger charge is 2.37. The van der Waals surface area contributed by atoms with Gasteiger partial charge in [-0.15, -0.1) is 0 Å². The van der Waals surface area contributed by atoms with Crippen molar-refractivity contribution in [2.24, 2.45) is 0 Å². The fraction of sp³-hybridized carbons (Fsp3) is 0.317. The third-order valence-electron chi connectivity index (χ3n) is 9.58. The molecule has 0 saturated carbocycles. The van der Waals surface area contributed by atoms with Crippen LogP contribution >= 0.6 is 0 Å². The van der Waals surface area contributed by atoms with E-state index in [1.165, 1.54) is 14.2 Å². The van der Waals surface area contributed by atoms with E-state index in [9.17, 15) is 10.2 Å². The Labute approximate surface area is 288 Å². The Morgan fingerprint density at radius 3 is 1.31 bits per heavy atom. The van der Waals surface area contributed by atoms with Crippen LogP contribution in [-0.2, 0) is 6.42 Å². The summed E-state index contributed by atoms with van der Waals surface area (Å²) in [6, 6.07) is 15.6. The van der Waals surface area contributed by atoms with Crippen molar-refractivity contribution in [3.63, 3.8) is 0 Å². The maximum absolute atomic E-state index is 11.4. The van der Waals surface area contributed by atoms with Crippen molar-refractivity contribution in [3.8, 4) is 46.0 Å². The van der Waals surface area contributed by atoms with Gasteiger partial charge in [0, 0.05) is 40.5 Å². The summed E-state index contributed by atoms with van der Waals surface area (Å²) in [7, 11) is 6.33. The zero-order chi connectivity index (χ0) is 35.0. The molecule has 0 saturated heterocycles. The molecule has 2 aliphatic heterocycles. The van der Waals surface area contributed by atoms with E-state index in [1.807, 2.05) is 74.5 Å². The Morgan fingerprint density at radius 1 is 0.571 bits per heavy atom. The van der Waals surface area contributed by atoms with Gasteiger partial charge < -0.3 is 38.6 Å². The zero-order valence-electron chi connectivity index (χ0n) is 29.3. The van der Waals surface area contributed by atoms with Crippen LogP contribution < -0.4 is 28.4 Å². The van der Waals surface area contributed by atoms with Gasteiger partial charge in [-0.1, -0.05) is 38.2 Å². The maximum atomic E-state index is 11.4. The molecular formula is C41H44O8. The van der Waals surface area contributed by atoms with Gasteiger partial charge in [-0.3, -0.25) is 0 Å². The van der Waals surface area contributed by atoms with Crippen LogP contribution in [0.15, 0.2) is 60.7 Å². The molecule has 0 spiro atoms. The Hall–Kier alpha value is -5.24. The normalized spacial score (nSPS) is 19.4. The molecule has 4 aromatic rings. The lowest BCUT2D eigenvalue weighted by atomic mass is 9.88. The van der Waals surface area contributed by atoms with Crippen molar-refractivity contribution in [1.29, 1.82) is 0 Å². The van der Waals surface area contributed by atoms with Gasteiger partial charge in [0.25, 0.3) is 0 Å². The molecule has 0 fully saturated rings. The smallest absolute Gasteiger partial charge is 0.165 e. The van der Waals surface area contributed by atoms with Gasteiger partial charge in [-0.05, 0) is 84.6 Å². The van der Waals surface area contributed by atoms with Gasteiger partial charge in [-0.2, -0.15) is 0 Å². The first-order valence-corrected chi connectivity index (χ1v) is 16.5. The van der Waals surface area contributed by atoms with Gasteiger partial charge in [0.05, 0.1) is 28.4 Å². The average molecular weight is 665 g/mol. The van der Waals surface area contributed by atoms with E-state index in [2.05, 4.69) is 26.0 Å². The predicted octanol–water partition coefficient (Wildman–Crippen LogP) is 9.26. The summed E-state index contributed by atoms with van der Waals surface area (Å²) in [4.78, 5) is 0. The fourth-order valence-electron chi connectivity index (χ4n) is 7.09. The van der Waals surface area contributed by atoms with E-state index < -0.39 is 0 Å². The van der Waals surface area contributed by atoms with Crippen molar-refractivity contribution in [2.75, 3.05) is 28.4 Å². The van der Waals surface area contributed by atoms with E-state index in [1.54, 1.807) is 14.2 Å². The molecule has 0 aromatic heterocycles. The van der Waals surface area contributed by atoms with Gasteiger partial charge in [-0.25, -0.2) is 0 Å². The highest BCUT2D eigenvalue weighted by Crippen LogP contribution is 2.54. The largest absolute Gasteiger partial charge is 0.504 e. The number of hydrogen-bond acceptors (Lipinski definition) is 8. The third kappa shape index (κ3) is 6.01. The fourth-order valence-corrected chi connectivity index (χ4v) is 7.09. The monoisotopic (exact) mass is 664 g/mol. The number of methoxy groups -OCH3 is 4. The van der Waals surface area contributed by atoms with E-state index in [-0.39, 0.29) is 42.0 Å². The van der Waals surface area contributed by atoms with Crippen LogP contribution in [0.1, 0.15) is 96.2 Å². The molecule has 2 heterocycles. The summed E-state index contributed by atoms with van der Waals surface area (Å²) in [5.41, 5.74) is 6.95. The first kappa shape index (κ1) is 33.7. The second-order valence-electron chi connectivity index (χ2n) is 12.6. The molecule has 49 heavy (non-hydrogen) atoms. The summed E-state index contributed by atoms with van der Waals surface area (Å²) >= 11 is 0. The third-order valence-corrected chi connectivity index (χ3v) is 9.58. The van der Waals surface area contributed by atoms with Crippen molar-refractivity contribution < 1.29 is 38.6 Å². The molecule has 4 aromatic carbocycles. The molecule has 0 radical (unpaired) electrons. The number of phenolic OH excluding ortho intramolecular Hbond substituents is 2. The summed E-state index contributed by atoms with van der Waals surface area (Å²) in [6.45, 7) is 8.19. The summed E-state index contributed by atoms with van der Waals surface area (Å²) in [6.07, 6.45) is 7.53. The van der Waals surface area contributed by atoms with E-state index in [0.29, 0.717) is 45.6 Å². The lowest BCUT2D eigenvalue weighted by Crippen LogP contribution is -2.10. The number of rotatable bonds is 10. The molecule has 256 valence electrons. The Balaban J connectivity index is 1.37. The molecule has 0 bridgehead atoms. The zero-order valence-corrected chi connectivity index (χ0v) is 29.3. The number of hydrogen-bond donors (Lipinski definition) is 2. The highest BCUT2D eigenvalue weighted by atomic mass is 16.5. The molecule has 8 nitrogen and oxygen atoms in total. The van der Waals surface area contributed by atoms with Crippen LogP contribution in [0.5, 0.6) is 46.0 Å². The quantitative estimate of drug-likeness (QED) is 0.173. The Morgan fingerprint density at radius 2 is 0.959 bits per heavy atom. The Bertz CT molecular complexity index is 1800. The minimum atomic E-state index is -0.360. The van der Waals surface area contributed by atoms with Crippen molar-refractivity contribution in [2.45, 2.75) is 58.2 Å². The minimum absolute atomic E-state index is 0.00901. The first-order valence-electron chi connectivity index (χ1n) is 16.5. The summed E-state index contributed by atoms with van der Waals surface area (Å²) < 4.78 is 35.8. The number of phenols is 2. The van der Waals surface area contributed by atoms with Crippen molar-refractivity contribution >= 4 is 12.2 Å². The molecule has 8 heteroatoms. The average Bonchev–Trinajstić information content (AvgIpc) is 3.62. The van der Waals surface area contributed by atoms with Crippen LogP contribution in [0.4, 0.5) is 0 Å². The van der Waals surface area contributed by atoms with Gasteiger partial charge in [0.1, 0.15) is 12.2 Å². The van der Waals surface area contributed by atoms with E-state index in [0.717, 1.165) is 33.4 Å². The van der Waals surface area contributed by atoms with Crippen LogP contribution in [0.2, 0.25) is 0 Å². The second-order valence-corrected chi connectivity index (χ2v) is 12.6. The molecule has 0 amide bonds. The van der Waals surface area contributed by atoms with Crippen LogP contribution in [0, 0.1) is 0 Å². The van der Waals surface area contributed by atoms with Crippen LogP contribution in [0.3, 0.4) is 0 Å². The molecular weight excluding hydrogens is 620 g/mol. The first-order chi connectivity index (χ1) is 23.6. The SMILES string of the molecule is CC=Cc1cc(OC)c2c(c1)[C@@H](C)[C@H](c1cc(Cc3cc([C@@H]4Oc5c(OC)cc(C=CC)cc5[C@H]4C)cc(OC)c3O)c(O)c(OC)c1)O2. The van der Waals surface area contributed by atoms with Gasteiger partial charge in [0.2, 0.25) is 0 Å². The molecule has 2 aliphatic rings. The predicted molar refractivity (Wildman–Crippen MR) is 191 cm³/mol. The second kappa shape index (κ2) is 13.7. The van der Waals surface area contributed by atoms with Gasteiger partial charge >= 0.3 is 0 Å². The van der Waals surface area contributed by atoms with Crippen LogP contribution in [0.25, 0.3) is 12.2 Å². The lowest BCUT2D eigenvalue weighted by molar-refractivity contribution is 0.207. The minimum Gasteiger partial charge on any atom is -0.504 e. The van der Waals surface area contributed by atoms with Gasteiger partial charge in [0.15, 0.2) is 46.0 Å². The lowest BCUT2D eigenvalue weighted by Gasteiger charge is -2.21. The van der Waals surface area contributed by atoms with Crippen molar-refractivity contribution in [1.82, 2.24) is 0 Å². The maximum Gasteiger partial charge on any atom is 0.165 e. The molecule has 0 aliphatic carbocycles. The number of ether oxygens (including phenoxy) is 6. The Kier molecular flexibility index (Phi) is 9.41.